The molecule has 0 radical (unpaired) electrons. The van der Waals surface area contributed by atoms with Gasteiger partial charge in [-0.3, -0.25) is 4.79 Å². The molecule has 0 spiro atoms. The third-order valence-corrected chi connectivity index (χ3v) is 4.05. The first-order valence-corrected chi connectivity index (χ1v) is 7.98. The first-order valence-electron chi connectivity index (χ1n) is 7.23. The molecule has 1 amide bonds. The summed E-state index contributed by atoms with van der Waals surface area (Å²) in [6.45, 7) is 0. The molecule has 1 aromatic heterocycles. The number of alkyl halides is 3. The number of amides is 1. The Bertz CT molecular complexity index is 953. The summed E-state index contributed by atoms with van der Waals surface area (Å²) in [5.74, 6) is -0.597. The Kier molecular flexibility index (Phi) is 4.93. The molecule has 4 nitrogen and oxygen atoms in total. The Morgan fingerprint density at radius 2 is 1.77 bits per heavy atom. The number of nitrogens with one attached hydrogen (secondary N) is 1. The molecule has 0 aliphatic heterocycles. The van der Waals surface area contributed by atoms with E-state index in [-0.39, 0.29) is 11.3 Å². The average molecular weight is 400 g/mol. The van der Waals surface area contributed by atoms with Gasteiger partial charge in [-0.1, -0.05) is 23.2 Å². The number of hydrogen-bond acceptors (Lipinski definition) is 2. The van der Waals surface area contributed by atoms with E-state index >= 15 is 0 Å². The number of nitrogens with zero attached hydrogens (tertiary/aromatic N) is 2. The van der Waals surface area contributed by atoms with Crippen LogP contribution in [0.5, 0.6) is 0 Å². The van der Waals surface area contributed by atoms with E-state index in [1.807, 2.05) is 0 Å². The van der Waals surface area contributed by atoms with Crippen molar-refractivity contribution in [2.45, 2.75) is 6.18 Å². The van der Waals surface area contributed by atoms with Crippen molar-refractivity contribution in [3.8, 4) is 5.69 Å². The van der Waals surface area contributed by atoms with Crippen LogP contribution in [-0.2, 0) is 6.18 Å². The zero-order valence-corrected chi connectivity index (χ0v) is 14.4. The summed E-state index contributed by atoms with van der Waals surface area (Å²) in [5, 5.41) is 6.58. The van der Waals surface area contributed by atoms with E-state index in [4.69, 9.17) is 23.2 Å². The summed E-state index contributed by atoms with van der Waals surface area (Å²) < 4.78 is 40.1. The molecule has 0 unspecified atom stereocenters. The van der Waals surface area contributed by atoms with Gasteiger partial charge in [0.1, 0.15) is 0 Å². The summed E-state index contributed by atoms with van der Waals surface area (Å²) in [6, 6.07) is 9.92. The fraction of sp³-hybridized carbons (Fsp3) is 0.0588. The lowest BCUT2D eigenvalue weighted by Crippen LogP contribution is -2.13. The molecule has 0 aliphatic rings. The van der Waals surface area contributed by atoms with Crippen LogP contribution in [0.1, 0.15) is 15.9 Å². The summed E-state index contributed by atoms with van der Waals surface area (Å²) in [6.07, 6.45) is -1.85. The smallest absolute Gasteiger partial charge is 0.322 e. The average Bonchev–Trinajstić information content (AvgIpc) is 3.06. The van der Waals surface area contributed by atoms with Crippen molar-refractivity contribution < 1.29 is 18.0 Å². The lowest BCUT2D eigenvalue weighted by atomic mass is 10.2. The van der Waals surface area contributed by atoms with Gasteiger partial charge in [-0.2, -0.15) is 18.3 Å². The molecular formula is C17H10Cl2F3N3O. The first-order chi connectivity index (χ1) is 12.2. The van der Waals surface area contributed by atoms with E-state index in [0.29, 0.717) is 10.7 Å². The highest BCUT2D eigenvalue weighted by atomic mass is 35.5. The van der Waals surface area contributed by atoms with Crippen molar-refractivity contribution in [3.63, 3.8) is 0 Å². The van der Waals surface area contributed by atoms with Crippen LogP contribution >= 0.6 is 23.2 Å². The van der Waals surface area contributed by atoms with Gasteiger partial charge in [-0.25, -0.2) is 4.68 Å². The van der Waals surface area contributed by atoms with Crippen LogP contribution in [0.2, 0.25) is 10.0 Å². The van der Waals surface area contributed by atoms with E-state index in [9.17, 15) is 18.0 Å². The number of carbonyl (C=O) groups excluding carboxylic acids is 1. The summed E-state index contributed by atoms with van der Waals surface area (Å²) >= 11 is 11.4. The SMILES string of the molecule is O=C(Nc1ccc(Cl)c(C(F)(F)F)c1)c1cnn(-c2ccc(Cl)cc2)c1. The van der Waals surface area contributed by atoms with Gasteiger partial charge in [-0.05, 0) is 42.5 Å². The first kappa shape index (κ1) is 18.3. The Labute approximate surface area is 156 Å². The topological polar surface area (TPSA) is 46.9 Å². The van der Waals surface area contributed by atoms with Crippen molar-refractivity contribution in [3.05, 3.63) is 76.0 Å². The van der Waals surface area contributed by atoms with Crippen molar-refractivity contribution in [2.75, 3.05) is 5.32 Å². The van der Waals surface area contributed by atoms with E-state index in [0.717, 1.165) is 12.1 Å². The minimum absolute atomic E-state index is 0.0223. The summed E-state index contributed by atoms with van der Waals surface area (Å²) in [5.41, 5.74) is -0.178. The number of carbonyl (C=O) groups is 1. The van der Waals surface area contributed by atoms with Gasteiger partial charge in [0.2, 0.25) is 0 Å². The Hall–Kier alpha value is -2.51. The number of hydrogen-bond donors (Lipinski definition) is 1. The molecule has 3 aromatic rings. The quantitative estimate of drug-likeness (QED) is 0.636. The highest BCUT2D eigenvalue weighted by molar-refractivity contribution is 6.31. The van der Waals surface area contributed by atoms with Gasteiger partial charge in [-0.15, -0.1) is 0 Å². The molecule has 0 atom stereocenters. The van der Waals surface area contributed by atoms with Gasteiger partial charge in [0.15, 0.2) is 0 Å². The molecule has 1 N–H and O–H groups in total. The van der Waals surface area contributed by atoms with Gasteiger partial charge in [0.05, 0.1) is 28.0 Å². The molecule has 2 aromatic carbocycles. The third kappa shape index (κ3) is 4.00. The number of halogens is 5. The van der Waals surface area contributed by atoms with Crippen molar-refractivity contribution in [2.24, 2.45) is 0 Å². The van der Waals surface area contributed by atoms with E-state index in [2.05, 4.69) is 10.4 Å². The van der Waals surface area contributed by atoms with Crippen LogP contribution in [0.4, 0.5) is 18.9 Å². The van der Waals surface area contributed by atoms with Gasteiger partial charge in [0, 0.05) is 16.9 Å². The van der Waals surface area contributed by atoms with E-state index < -0.39 is 22.7 Å². The second-order valence-electron chi connectivity index (χ2n) is 5.30. The molecule has 1 heterocycles. The molecule has 0 bridgehead atoms. The van der Waals surface area contributed by atoms with Crippen LogP contribution in [0, 0.1) is 0 Å². The van der Waals surface area contributed by atoms with Crippen LogP contribution in [-0.4, -0.2) is 15.7 Å². The second kappa shape index (κ2) is 7.01. The molecule has 3 rings (SSSR count). The van der Waals surface area contributed by atoms with Crippen LogP contribution < -0.4 is 5.32 Å². The fourth-order valence-corrected chi connectivity index (χ4v) is 2.55. The normalized spacial score (nSPS) is 11.4. The van der Waals surface area contributed by atoms with E-state index in [1.54, 1.807) is 24.3 Å². The number of aromatic nitrogens is 2. The van der Waals surface area contributed by atoms with Gasteiger partial charge >= 0.3 is 6.18 Å². The van der Waals surface area contributed by atoms with Crippen molar-refractivity contribution in [1.82, 2.24) is 9.78 Å². The highest BCUT2D eigenvalue weighted by Crippen LogP contribution is 2.36. The molecular weight excluding hydrogens is 390 g/mol. The lowest BCUT2D eigenvalue weighted by Gasteiger charge is -2.11. The maximum atomic E-state index is 12.9. The fourth-order valence-electron chi connectivity index (χ4n) is 2.20. The Morgan fingerprint density at radius 1 is 1.08 bits per heavy atom. The summed E-state index contributed by atoms with van der Waals surface area (Å²) in [4.78, 5) is 12.3. The van der Waals surface area contributed by atoms with Gasteiger partial charge in [0.25, 0.3) is 5.91 Å². The summed E-state index contributed by atoms with van der Waals surface area (Å²) in [7, 11) is 0. The minimum atomic E-state index is -4.61. The molecule has 0 fully saturated rings. The van der Waals surface area contributed by atoms with Crippen LogP contribution in [0.25, 0.3) is 5.69 Å². The Morgan fingerprint density at radius 3 is 2.42 bits per heavy atom. The highest BCUT2D eigenvalue weighted by Gasteiger charge is 2.33. The predicted octanol–water partition coefficient (Wildman–Crippen LogP) is 5.45. The molecule has 0 aliphatic carbocycles. The Balaban J connectivity index is 1.80. The van der Waals surface area contributed by atoms with Crippen LogP contribution in [0.3, 0.4) is 0 Å². The standard InChI is InChI=1S/C17H10Cl2F3N3O/c18-11-1-4-13(5-2-11)25-9-10(8-23-25)16(26)24-12-3-6-15(19)14(7-12)17(20,21)22/h1-9H,(H,24,26). The molecule has 0 saturated heterocycles. The molecule has 134 valence electrons. The lowest BCUT2D eigenvalue weighted by molar-refractivity contribution is -0.137. The zero-order chi connectivity index (χ0) is 18.9. The molecule has 9 heteroatoms. The van der Waals surface area contributed by atoms with E-state index in [1.165, 1.54) is 23.1 Å². The van der Waals surface area contributed by atoms with Crippen LogP contribution in [0.15, 0.2) is 54.9 Å². The van der Waals surface area contributed by atoms with Crippen molar-refractivity contribution >= 4 is 34.8 Å². The molecule has 26 heavy (non-hydrogen) atoms. The monoisotopic (exact) mass is 399 g/mol. The minimum Gasteiger partial charge on any atom is -0.322 e. The maximum absolute atomic E-state index is 12.9. The zero-order valence-electron chi connectivity index (χ0n) is 12.9. The number of anilines is 1. The number of benzene rings is 2. The largest absolute Gasteiger partial charge is 0.417 e. The third-order valence-electron chi connectivity index (χ3n) is 3.47. The van der Waals surface area contributed by atoms with Gasteiger partial charge < -0.3 is 5.32 Å². The molecule has 0 saturated carbocycles. The van der Waals surface area contributed by atoms with Crippen molar-refractivity contribution in [1.29, 1.82) is 0 Å². The maximum Gasteiger partial charge on any atom is 0.417 e. The second-order valence-corrected chi connectivity index (χ2v) is 6.14. The number of rotatable bonds is 3. The predicted molar refractivity (Wildman–Crippen MR) is 93.0 cm³/mol.